The van der Waals surface area contributed by atoms with Gasteiger partial charge in [0, 0.05) is 17.1 Å². The van der Waals surface area contributed by atoms with Crippen LogP contribution < -0.4 is 10.1 Å². The number of halogens is 2. The standard InChI is InChI=1S/C16H16Cl2N2O4S/c1-9-2-3-11-12(17)6-13(18)16(15(11)19-9)24-7-14(21)20-10-4-5-25(22,23)8-10/h2-3,6,10H,4-5,7-8H2,1H3,(H,20,21)/t10-/m1/s1. The van der Waals surface area contributed by atoms with E-state index >= 15 is 0 Å². The molecular formula is C16H16Cl2N2O4S. The van der Waals surface area contributed by atoms with Gasteiger partial charge in [0.15, 0.2) is 22.2 Å². The molecule has 0 spiro atoms. The van der Waals surface area contributed by atoms with Gasteiger partial charge >= 0.3 is 0 Å². The maximum atomic E-state index is 12.0. The van der Waals surface area contributed by atoms with E-state index in [9.17, 15) is 13.2 Å². The second kappa shape index (κ2) is 6.97. The molecule has 6 nitrogen and oxygen atoms in total. The minimum atomic E-state index is -3.05. The highest BCUT2D eigenvalue weighted by atomic mass is 35.5. The Kier molecular flexibility index (Phi) is 5.09. The van der Waals surface area contributed by atoms with E-state index < -0.39 is 15.7 Å². The van der Waals surface area contributed by atoms with Gasteiger partial charge in [-0.1, -0.05) is 23.2 Å². The molecule has 2 aromatic rings. The molecule has 25 heavy (non-hydrogen) atoms. The number of amides is 1. The van der Waals surface area contributed by atoms with Crippen LogP contribution in [0.3, 0.4) is 0 Å². The summed E-state index contributed by atoms with van der Waals surface area (Å²) in [5.41, 5.74) is 1.24. The molecule has 2 heterocycles. The van der Waals surface area contributed by atoms with Crippen molar-refractivity contribution in [2.45, 2.75) is 19.4 Å². The number of sulfone groups is 1. The van der Waals surface area contributed by atoms with Gasteiger partial charge in [-0.05, 0) is 31.5 Å². The van der Waals surface area contributed by atoms with Crippen LogP contribution in [0.5, 0.6) is 5.75 Å². The van der Waals surface area contributed by atoms with E-state index in [-0.39, 0.29) is 34.9 Å². The van der Waals surface area contributed by atoms with Gasteiger partial charge < -0.3 is 10.1 Å². The monoisotopic (exact) mass is 402 g/mol. The van der Waals surface area contributed by atoms with Gasteiger partial charge in [0.05, 0.1) is 21.6 Å². The average Bonchev–Trinajstić information content (AvgIpc) is 2.85. The highest BCUT2D eigenvalue weighted by Gasteiger charge is 2.29. The van der Waals surface area contributed by atoms with Crippen LogP contribution in [0.25, 0.3) is 10.9 Å². The first-order valence-electron chi connectivity index (χ1n) is 7.63. The number of benzene rings is 1. The fourth-order valence-corrected chi connectivity index (χ4v) is 4.99. The molecule has 1 fully saturated rings. The highest BCUT2D eigenvalue weighted by Crippen LogP contribution is 2.37. The van der Waals surface area contributed by atoms with Gasteiger partial charge in [0.2, 0.25) is 0 Å². The summed E-state index contributed by atoms with van der Waals surface area (Å²) in [6.07, 6.45) is 0.416. The second-order valence-electron chi connectivity index (χ2n) is 5.97. The van der Waals surface area contributed by atoms with Crippen molar-refractivity contribution in [1.82, 2.24) is 10.3 Å². The lowest BCUT2D eigenvalue weighted by atomic mass is 10.2. The molecule has 0 aliphatic carbocycles. The molecule has 9 heteroatoms. The molecule has 1 amide bonds. The number of fused-ring (bicyclic) bond motifs is 1. The molecule has 1 N–H and O–H groups in total. The molecule has 1 aliphatic heterocycles. The normalized spacial score (nSPS) is 19.1. The van der Waals surface area contributed by atoms with E-state index in [0.29, 0.717) is 22.3 Å². The Balaban J connectivity index is 1.75. The number of nitrogens with one attached hydrogen (secondary N) is 1. The van der Waals surface area contributed by atoms with Gasteiger partial charge in [0.1, 0.15) is 5.52 Å². The Labute approximate surface area is 155 Å². The minimum Gasteiger partial charge on any atom is -0.480 e. The predicted octanol–water partition coefficient (Wildman–Crippen LogP) is 2.53. The van der Waals surface area contributed by atoms with Crippen LogP contribution in [0.4, 0.5) is 0 Å². The molecule has 1 aromatic carbocycles. The van der Waals surface area contributed by atoms with E-state index in [1.54, 1.807) is 6.07 Å². The van der Waals surface area contributed by atoms with Gasteiger partial charge in [-0.15, -0.1) is 0 Å². The zero-order valence-electron chi connectivity index (χ0n) is 13.4. The predicted molar refractivity (Wildman–Crippen MR) is 97.2 cm³/mol. The lowest BCUT2D eigenvalue weighted by Crippen LogP contribution is -2.38. The van der Waals surface area contributed by atoms with Crippen LogP contribution in [-0.4, -0.2) is 43.5 Å². The first-order chi connectivity index (χ1) is 11.7. The highest BCUT2D eigenvalue weighted by molar-refractivity contribution is 7.91. The third-order valence-electron chi connectivity index (χ3n) is 3.92. The van der Waals surface area contributed by atoms with Crippen LogP contribution in [0.1, 0.15) is 12.1 Å². The molecule has 0 bridgehead atoms. The van der Waals surface area contributed by atoms with Gasteiger partial charge in [-0.3, -0.25) is 4.79 Å². The molecule has 0 radical (unpaired) electrons. The zero-order valence-corrected chi connectivity index (χ0v) is 15.7. The minimum absolute atomic E-state index is 0.0376. The van der Waals surface area contributed by atoms with Crippen molar-refractivity contribution in [2.24, 2.45) is 0 Å². The quantitative estimate of drug-likeness (QED) is 0.848. The SMILES string of the molecule is Cc1ccc2c(Cl)cc(Cl)c(OCC(=O)N[C@@H]3CCS(=O)(=O)C3)c2n1. The summed E-state index contributed by atoms with van der Waals surface area (Å²) in [6.45, 7) is 1.54. The smallest absolute Gasteiger partial charge is 0.258 e. The number of rotatable bonds is 4. The Bertz CT molecular complexity index is 947. The van der Waals surface area contributed by atoms with E-state index in [2.05, 4.69) is 10.3 Å². The van der Waals surface area contributed by atoms with Crippen molar-refractivity contribution in [3.8, 4) is 5.75 Å². The number of pyridine rings is 1. The summed E-state index contributed by atoms with van der Waals surface area (Å²) in [5, 5.41) is 4.04. The van der Waals surface area contributed by atoms with E-state index in [1.165, 1.54) is 0 Å². The van der Waals surface area contributed by atoms with Crippen molar-refractivity contribution >= 4 is 49.8 Å². The van der Waals surface area contributed by atoms with Crippen LogP contribution in [0, 0.1) is 6.92 Å². The molecule has 1 saturated heterocycles. The molecule has 134 valence electrons. The van der Waals surface area contributed by atoms with E-state index in [4.69, 9.17) is 27.9 Å². The summed E-state index contributed by atoms with van der Waals surface area (Å²) < 4.78 is 28.4. The summed E-state index contributed by atoms with van der Waals surface area (Å²) >= 11 is 12.4. The van der Waals surface area contributed by atoms with Crippen molar-refractivity contribution in [2.75, 3.05) is 18.1 Å². The number of carbonyl (C=O) groups excluding carboxylic acids is 1. The average molecular weight is 403 g/mol. The topological polar surface area (TPSA) is 85.4 Å². The van der Waals surface area contributed by atoms with Crippen molar-refractivity contribution < 1.29 is 17.9 Å². The Hall–Kier alpha value is -1.57. The second-order valence-corrected chi connectivity index (χ2v) is 9.02. The molecule has 0 unspecified atom stereocenters. The lowest BCUT2D eigenvalue weighted by Gasteiger charge is -2.14. The summed E-state index contributed by atoms with van der Waals surface area (Å²) in [6, 6.07) is 4.80. The lowest BCUT2D eigenvalue weighted by molar-refractivity contribution is -0.123. The molecule has 1 aromatic heterocycles. The number of hydrogen-bond acceptors (Lipinski definition) is 5. The van der Waals surface area contributed by atoms with Crippen LogP contribution in [0.15, 0.2) is 18.2 Å². The molecule has 0 saturated carbocycles. The Morgan fingerprint density at radius 1 is 1.36 bits per heavy atom. The fraction of sp³-hybridized carbons (Fsp3) is 0.375. The first-order valence-corrected chi connectivity index (χ1v) is 10.2. The third kappa shape index (κ3) is 4.16. The van der Waals surface area contributed by atoms with E-state index in [1.807, 2.05) is 19.1 Å². The van der Waals surface area contributed by atoms with E-state index in [0.717, 1.165) is 5.69 Å². The summed E-state index contributed by atoms with van der Waals surface area (Å²) in [7, 11) is -3.05. The van der Waals surface area contributed by atoms with Crippen LogP contribution in [0.2, 0.25) is 10.0 Å². The Morgan fingerprint density at radius 2 is 2.12 bits per heavy atom. The molecule has 1 aliphatic rings. The maximum Gasteiger partial charge on any atom is 0.258 e. The van der Waals surface area contributed by atoms with Crippen molar-refractivity contribution in [3.63, 3.8) is 0 Å². The zero-order chi connectivity index (χ0) is 18.2. The number of aromatic nitrogens is 1. The number of ether oxygens (including phenoxy) is 1. The number of aryl methyl sites for hydroxylation is 1. The molecular weight excluding hydrogens is 387 g/mol. The van der Waals surface area contributed by atoms with Crippen molar-refractivity contribution in [1.29, 1.82) is 0 Å². The number of nitrogens with zero attached hydrogens (tertiary/aromatic N) is 1. The maximum absolute atomic E-state index is 12.0. The number of hydrogen-bond donors (Lipinski definition) is 1. The molecule has 3 rings (SSSR count). The van der Waals surface area contributed by atoms with Crippen LogP contribution >= 0.6 is 23.2 Å². The molecule has 1 atom stereocenters. The van der Waals surface area contributed by atoms with Gasteiger partial charge in [0.25, 0.3) is 5.91 Å². The summed E-state index contributed by atoms with van der Waals surface area (Å²) in [4.78, 5) is 16.4. The summed E-state index contributed by atoms with van der Waals surface area (Å²) in [5.74, 6) is -0.0763. The third-order valence-corrected chi connectivity index (χ3v) is 6.28. The largest absolute Gasteiger partial charge is 0.480 e. The van der Waals surface area contributed by atoms with Gasteiger partial charge in [-0.2, -0.15) is 0 Å². The van der Waals surface area contributed by atoms with Crippen LogP contribution in [-0.2, 0) is 14.6 Å². The fourth-order valence-electron chi connectivity index (χ4n) is 2.74. The Morgan fingerprint density at radius 3 is 2.80 bits per heavy atom. The van der Waals surface area contributed by atoms with Crippen molar-refractivity contribution in [3.05, 3.63) is 33.9 Å². The van der Waals surface area contributed by atoms with Gasteiger partial charge in [-0.25, -0.2) is 13.4 Å². The number of carbonyl (C=O) groups is 1. The first kappa shape index (κ1) is 18.2.